The summed E-state index contributed by atoms with van der Waals surface area (Å²) < 4.78 is 25.3. The van der Waals surface area contributed by atoms with Crippen molar-refractivity contribution in [1.82, 2.24) is 5.32 Å². The normalized spacial score (nSPS) is 11.7. The van der Waals surface area contributed by atoms with E-state index in [4.69, 9.17) is 0 Å². The van der Waals surface area contributed by atoms with E-state index in [0.29, 0.717) is 30.6 Å². The van der Waals surface area contributed by atoms with Crippen molar-refractivity contribution in [3.8, 4) is 0 Å². The van der Waals surface area contributed by atoms with E-state index in [0.717, 1.165) is 17.4 Å². The predicted octanol–water partition coefficient (Wildman–Crippen LogP) is 4.25. The summed E-state index contributed by atoms with van der Waals surface area (Å²) in [7, 11) is -3.36. The first-order valence-corrected chi connectivity index (χ1v) is 11.5. The van der Waals surface area contributed by atoms with E-state index < -0.39 is 10.0 Å². The lowest BCUT2D eigenvalue weighted by Crippen LogP contribution is -2.23. The molecule has 0 saturated carbocycles. The molecule has 0 aliphatic heterocycles. The van der Waals surface area contributed by atoms with Gasteiger partial charge in [-0.25, -0.2) is 8.42 Å². The molecule has 0 atom stereocenters. The molecule has 29 heavy (non-hydrogen) atoms. The fourth-order valence-corrected chi connectivity index (χ4v) is 3.49. The number of anilines is 1. The van der Waals surface area contributed by atoms with Gasteiger partial charge in [0.25, 0.3) is 0 Å². The number of carbonyl (C=O) groups is 1. The molecular weight excluding hydrogens is 384 g/mol. The summed E-state index contributed by atoms with van der Waals surface area (Å²) in [6.07, 6.45) is 3.78. The zero-order chi connectivity index (χ0) is 21.7. The Labute approximate surface area is 174 Å². The number of carbonyl (C=O) groups excluding carboxylic acids is 1. The topological polar surface area (TPSA) is 75.3 Å². The van der Waals surface area contributed by atoms with Crippen LogP contribution in [0, 0.1) is 0 Å². The second kappa shape index (κ2) is 9.27. The van der Waals surface area contributed by atoms with Gasteiger partial charge in [0.05, 0.1) is 11.9 Å². The molecule has 0 bridgehead atoms. The van der Waals surface area contributed by atoms with Gasteiger partial charge < -0.3 is 5.32 Å². The van der Waals surface area contributed by atoms with E-state index in [1.807, 2.05) is 6.07 Å². The molecule has 0 radical (unpaired) electrons. The second-order valence-electron chi connectivity index (χ2n) is 8.22. The average molecular weight is 415 g/mol. The standard InChI is InChI=1S/C23H30N2O3S/c1-6-19-15-18(9-13-21(19)25-29(5,27)28)16-24-22(26)14-10-17-7-11-20(12-8-17)23(2,3)4/h6-9,11-13,15,25H,1,10,14,16H2,2-5H3,(H,24,26). The monoisotopic (exact) mass is 414 g/mol. The highest BCUT2D eigenvalue weighted by Crippen LogP contribution is 2.22. The molecule has 0 saturated heterocycles. The van der Waals surface area contributed by atoms with E-state index in [-0.39, 0.29) is 11.3 Å². The van der Waals surface area contributed by atoms with Gasteiger partial charge in [-0.3, -0.25) is 9.52 Å². The van der Waals surface area contributed by atoms with E-state index in [9.17, 15) is 13.2 Å². The molecule has 0 fully saturated rings. The minimum absolute atomic E-state index is 0.0246. The zero-order valence-corrected chi connectivity index (χ0v) is 18.4. The lowest BCUT2D eigenvalue weighted by atomic mass is 9.86. The quantitative estimate of drug-likeness (QED) is 0.678. The highest BCUT2D eigenvalue weighted by atomic mass is 32.2. The Balaban J connectivity index is 1.89. The highest BCUT2D eigenvalue weighted by Gasteiger charge is 2.13. The van der Waals surface area contributed by atoms with Gasteiger partial charge in [0.15, 0.2) is 0 Å². The second-order valence-corrected chi connectivity index (χ2v) is 9.97. The third-order valence-corrected chi connectivity index (χ3v) is 5.17. The zero-order valence-electron chi connectivity index (χ0n) is 17.6. The Morgan fingerprint density at radius 1 is 1.07 bits per heavy atom. The molecule has 2 N–H and O–H groups in total. The van der Waals surface area contributed by atoms with Crippen molar-refractivity contribution in [2.45, 2.75) is 45.6 Å². The molecular formula is C23H30N2O3S. The molecule has 0 spiro atoms. The Kier molecular flexibility index (Phi) is 7.25. The Hall–Kier alpha value is -2.60. The Morgan fingerprint density at radius 2 is 1.69 bits per heavy atom. The summed E-state index contributed by atoms with van der Waals surface area (Å²) in [5, 5.41) is 2.91. The van der Waals surface area contributed by atoms with Crippen LogP contribution in [-0.2, 0) is 33.2 Å². The van der Waals surface area contributed by atoms with Gasteiger partial charge in [0, 0.05) is 13.0 Å². The maximum Gasteiger partial charge on any atom is 0.229 e. The minimum atomic E-state index is -3.36. The van der Waals surface area contributed by atoms with E-state index >= 15 is 0 Å². The number of benzene rings is 2. The van der Waals surface area contributed by atoms with Crippen molar-refractivity contribution in [2.75, 3.05) is 11.0 Å². The number of hydrogen-bond donors (Lipinski definition) is 2. The van der Waals surface area contributed by atoms with Gasteiger partial charge in [-0.05, 0) is 46.2 Å². The van der Waals surface area contributed by atoms with Crippen LogP contribution >= 0.6 is 0 Å². The fraction of sp³-hybridized carbons (Fsp3) is 0.348. The average Bonchev–Trinajstić information content (AvgIpc) is 2.64. The van der Waals surface area contributed by atoms with Crippen LogP contribution in [0.4, 0.5) is 5.69 Å². The van der Waals surface area contributed by atoms with E-state index in [2.05, 4.69) is 61.7 Å². The molecule has 1 amide bonds. The molecule has 5 nitrogen and oxygen atoms in total. The number of nitrogens with one attached hydrogen (secondary N) is 2. The SMILES string of the molecule is C=Cc1cc(CNC(=O)CCc2ccc(C(C)(C)C)cc2)ccc1NS(C)(=O)=O. The molecule has 0 aliphatic rings. The van der Waals surface area contributed by atoms with Crippen LogP contribution in [-0.4, -0.2) is 20.6 Å². The van der Waals surface area contributed by atoms with Gasteiger partial charge in [-0.2, -0.15) is 0 Å². The first-order chi connectivity index (χ1) is 13.5. The third kappa shape index (κ3) is 7.38. The molecule has 2 aromatic carbocycles. The van der Waals surface area contributed by atoms with Gasteiger partial charge in [0.2, 0.25) is 15.9 Å². The van der Waals surface area contributed by atoms with Crippen molar-refractivity contribution < 1.29 is 13.2 Å². The van der Waals surface area contributed by atoms with Crippen LogP contribution in [0.5, 0.6) is 0 Å². The van der Waals surface area contributed by atoms with Crippen molar-refractivity contribution in [2.24, 2.45) is 0 Å². The molecule has 0 aliphatic carbocycles. The number of sulfonamides is 1. The molecule has 156 valence electrons. The largest absolute Gasteiger partial charge is 0.352 e. The Bertz CT molecular complexity index is 972. The fourth-order valence-electron chi connectivity index (χ4n) is 2.90. The van der Waals surface area contributed by atoms with Crippen molar-refractivity contribution in [1.29, 1.82) is 0 Å². The molecule has 0 unspecified atom stereocenters. The number of amides is 1. The molecule has 2 aromatic rings. The summed E-state index contributed by atoms with van der Waals surface area (Å²) >= 11 is 0. The first kappa shape index (κ1) is 22.7. The predicted molar refractivity (Wildman–Crippen MR) is 120 cm³/mol. The summed E-state index contributed by atoms with van der Waals surface area (Å²) in [6, 6.07) is 13.7. The minimum Gasteiger partial charge on any atom is -0.352 e. The van der Waals surface area contributed by atoms with Crippen LogP contribution in [0.1, 0.15) is 49.4 Å². The van der Waals surface area contributed by atoms with Gasteiger partial charge in [-0.1, -0.05) is 63.8 Å². The third-order valence-electron chi connectivity index (χ3n) is 4.58. The summed E-state index contributed by atoms with van der Waals surface area (Å²) in [4.78, 5) is 12.2. The van der Waals surface area contributed by atoms with Crippen LogP contribution in [0.2, 0.25) is 0 Å². The summed E-state index contributed by atoms with van der Waals surface area (Å²) in [5.74, 6) is -0.0246. The lowest BCUT2D eigenvalue weighted by Gasteiger charge is -2.19. The number of rotatable bonds is 8. The molecule has 2 rings (SSSR count). The lowest BCUT2D eigenvalue weighted by molar-refractivity contribution is -0.121. The molecule has 0 heterocycles. The Morgan fingerprint density at radius 3 is 2.24 bits per heavy atom. The number of aryl methyl sites for hydroxylation is 1. The van der Waals surface area contributed by atoms with Crippen molar-refractivity contribution in [3.63, 3.8) is 0 Å². The molecule has 6 heteroatoms. The molecule has 0 aromatic heterocycles. The van der Waals surface area contributed by atoms with Crippen molar-refractivity contribution in [3.05, 3.63) is 71.3 Å². The van der Waals surface area contributed by atoms with Crippen LogP contribution in [0.15, 0.2) is 49.0 Å². The summed E-state index contributed by atoms with van der Waals surface area (Å²) in [6.45, 7) is 10.6. The van der Waals surface area contributed by atoms with Gasteiger partial charge in [-0.15, -0.1) is 0 Å². The highest BCUT2D eigenvalue weighted by molar-refractivity contribution is 7.92. The van der Waals surface area contributed by atoms with Gasteiger partial charge >= 0.3 is 0 Å². The van der Waals surface area contributed by atoms with Crippen LogP contribution < -0.4 is 10.0 Å². The van der Waals surface area contributed by atoms with Gasteiger partial charge in [0.1, 0.15) is 0 Å². The maximum absolute atomic E-state index is 12.2. The van der Waals surface area contributed by atoms with Crippen LogP contribution in [0.3, 0.4) is 0 Å². The first-order valence-electron chi connectivity index (χ1n) is 9.57. The van der Waals surface area contributed by atoms with Crippen LogP contribution in [0.25, 0.3) is 6.08 Å². The summed E-state index contributed by atoms with van der Waals surface area (Å²) in [5.41, 5.74) is 4.54. The smallest absolute Gasteiger partial charge is 0.229 e. The van der Waals surface area contributed by atoms with E-state index in [1.165, 1.54) is 5.56 Å². The number of hydrogen-bond acceptors (Lipinski definition) is 3. The maximum atomic E-state index is 12.2. The van der Waals surface area contributed by atoms with Crippen molar-refractivity contribution >= 4 is 27.7 Å². The van der Waals surface area contributed by atoms with E-state index in [1.54, 1.807) is 18.2 Å².